The maximum atomic E-state index is 13.0. The average molecular weight is 323 g/mol. The van der Waals surface area contributed by atoms with E-state index in [9.17, 15) is 9.50 Å². The van der Waals surface area contributed by atoms with Crippen molar-refractivity contribution < 1.29 is 9.50 Å². The molecule has 1 unspecified atom stereocenters. The number of aliphatic hydroxyl groups excluding tert-OH is 1. The molecule has 0 fully saturated rings. The maximum absolute atomic E-state index is 13.0. The van der Waals surface area contributed by atoms with E-state index in [0.29, 0.717) is 6.42 Å². The Labute approximate surface area is 121 Å². The summed E-state index contributed by atoms with van der Waals surface area (Å²) in [4.78, 5) is 0. The molecule has 1 nitrogen and oxygen atoms in total. The van der Waals surface area contributed by atoms with Crippen molar-refractivity contribution in [2.24, 2.45) is 0 Å². The topological polar surface area (TPSA) is 20.2 Å². The van der Waals surface area contributed by atoms with Gasteiger partial charge in [-0.2, -0.15) is 0 Å². The second-order valence-corrected chi connectivity index (χ2v) is 5.65. The van der Waals surface area contributed by atoms with Gasteiger partial charge in [-0.1, -0.05) is 34.1 Å². The molecule has 2 rings (SSSR count). The lowest BCUT2D eigenvalue weighted by molar-refractivity contribution is 0.178. The normalized spacial score (nSPS) is 12.5. The van der Waals surface area contributed by atoms with Crippen molar-refractivity contribution in [2.75, 3.05) is 0 Å². The van der Waals surface area contributed by atoms with Crippen LogP contribution in [-0.2, 0) is 6.42 Å². The smallest absolute Gasteiger partial charge is 0.123 e. The molecule has 0 bridgehead atoms. The number of benzene rings is 2. The predicted octanol–water partition coefficient (Wildman–Crippen LogP) is 4.48. The summed E-state index contributed by atoms with van der Waals surface area (Å²) in [5.41, 5.74) is 3.80. The van der Waals surface area contributed by atoms with E-state index in [2.05, 4.69) is 15.9 Å². The summed E-state index contributed by atoms with van der Waals surface area (Å²) in [5, 5.41) is 10.3. The van der Waals surface area contributed by atoms with Crippen LogP contribution in [0.15, 0.2) is 40.9 Å². The molecule has 0 spiro atoms. The number of hydrogen-bond donors (Lipinski definition) is 1. The Morgan fingerprint density at radius 2 is 1.84 bits per heavy atom. The Hall–Kier alpha value is -1.19. The number of aryl methyl sites for hydroxylation is 2. The number of aliphatic hydroxyl groups is 1. The summed E-state index contributed by atoms with van der Waals surface area (Å²) < 4.78 is 14.1. The Balaban J connectivity index is 2.20. The van der Waals surface area contributed by atoms with Gasteiger partial charge in [-0.25, -0.2) is 4.39 Å². The van der Waals surface area contributed by atoms with Gasteiger partial charge in [-0.05, 0) is 54.3 Å². The van der Waals surface area contributed by atoms with Crippen LogP contribution in [0, 0.1) is 19.7 Å². The van der Waals surface area contributed by atoms with Gasteiger partial charge in [0.2, 0.25) is 0 Å². The number of rotatable bonds is 3. The van der Waals surface area contributed by atoms with E-state index in [1.54, 1.807) is 6.07 Å². The molecule has 3 heteroatoms. The zero-order valence-electron chi connectivity index (χ0n) is 11.0. The van der Waals surface area contributed by atoms with E-state index in [0.717, 1.165) is 26.7 Å². The highest BCUT2D eigenvalue weighted by atomic mass is 79.9. The van der Waals surface area contributed by atoms with Gasteiger partial charge in [0.25, 0.3) is 0 Å². The zero-order chi connectivity index (χ0) is 14.0. The Morgan fingerprint density at radius 1 is 1.11 bits per heavy atom. The third-order valence-electron chi connectivity index (χ3n) is 3.28. The first-order valence-electron chi connectivity index (χ1n) is 6.16. The predicted molar refractivity (Wildman–Crippen MR) is 78.7 cm³/mol. The highest BCUT2D eigenvalue weighted by Crippen LogP contribution is 2.24. The van der Waals surface area contributed by atoms with Gasteiger partial charge in [0.05, 0.1) is 6.10 Å². The zero-order valence-corrected chi connectivity index (χ0v) is 12.5. The first-order chi connectivity index (χ1) is 8.97. The average Bonchev–Trinajstić information content (AvgIpc) is 2.36. The molecular weight excluding hydrogens is 307 g/mol. The SMILES string of the molecule is Cc1cc(C(O)Cc2ccc(F)cc2C)ccc1Br. The van der Waals surface area contributed by atoms with Crippen molar-refractivity contribution in [1.82, 2.24) is 0 Å². The van der Waals surface area contributed by atoms with Crippen molar-refractivity contribution in [3.05, 3.63) is 68.9 Å². The van der Waals surface area contributed by atoms with Gasteiger partial charge in [0.1, 0.15) is 5.82 Å². The first kappa shape index (κ1) is 14.2. The van der Waals surface area contributed by atoms with Crippen LogP contribution in [0.5, 0.6) is 0 Å². The van der Waals surface area contributed by atoms with Gasteiger partial charge in [-0.15, -0.1) is 0 Å². The van der Waals surface area contributed by atoms with Crippen LogP contribution in [0.3, 0.4) is 0 Å². The van der Waals surface area contributed by atoms with Gasteiger partial charge < -0.3 is 5.11 Å². The molecule has 2 aromatic rings. The van der Waals surface area contributed by atoms with Crippen LogP contribution in [0.1, 0.15) is 28.4 Å². The van der Waals surface area contributed by atoms with E-state index in [4.69, 9.17) is 0 Å². The summed E-state index contributed by atoms with van der Waals surface area (Å²) in [6.45, 7) is 3.85. The molecule has 2 aromatic carbocycles. The van der Waals surface area contributed by atoms with Crippen molar-refractivity contribution in [2.45, 2.75) is 26.4 Å². The largest absolute Gasteiger partial charge is 0.388 e. The molecule has 0 heterocycles. The Bertz CT molecular complexity index is 595. The molecule has 19 heavy (non-hydrogen) atoms. The number of halogens is 2. The molecule has 0 aliphatic rings. The molecule has 0 radical (unpaired) electrons. The molecular formula is C16H16BrFO. The van der Waals surface area contributed by atoms with E-state index >= 15 is 0 Å². The molecule has 0 amide bonds. The summed E-state index contributed by atoms with van der Waals surface area (Å²) in [7, 11) is 0. The fourth-order valence-corrected chi connectivity index (χ4v) is 2.34. The van der Waals surface area contributed by atoms with Crippen LogP contribution in [0.2, 0.25) is 0 Å². The molecule has 0 aliphatic heterocycles. The van der Waals surface area contributed by atoms with Crippen LogP contribution < -0.4 is 0 Å². The fourth-order valence-electron chi connectivity index (χ4n) is 2.09. The van der Waals surface area contributed by atoms with Crippen molar-refractivity contribution in [1.29, 1.82) is 0 Å². The standard InChI is InChI=1S/C16H16BrFO/c1-10-8-14(18)5-3-12(10)9-16(19)13-4-6-15(17)11(2)7-13/h3-8,16,19H,9H2,1-2H3. The maximum Gasteiger partial charge on any atom is 0.123 e. The minimum Gasteiger partial charge on any atom is -0.388 e. The fraction of sp³-hybridized carbons (Fsp3) is 0.250. The Morgan fingerprint density at radius 3 is 2.47 bits per heavy atom. The minimum atomic E-state index is -0.573. The van der Waals surface area contributed by atoms with Gasteiger partial charge in [-0.3, -0.25) is 0 Å². The molecule has 1 N–H and O–H groups in total. The van der Waals surface area contributed by atoms with Crippen molar-refractivity contribution in [3.63, 3.8) is 0 Å². The van der Waals surface area contributed by atoms with Crippen LogP contribution in [0.4, 0.5) is 4.39 Å². The molecule has 0 saturated carbocycles. The lowest BCUT2D eigenvalue weighted by atomic mass is 9.97. The second-order valence-electron chi connectivity index (χ2n) is 4.80. The molecule has 1 atom stereocenters. The van der Waals surface area contributed by atoms with Crippen LogP contribution in [0.25, 0.3) is 0 Å². The molecule has 0 aromatic heterocycles. The van der Waals surface area contributed by atoms with E-state index < -0.39 is 6.10 Å². The van der Waals surface area contributed by atoms with Crippen molar-refractivity contribution >= 4 is 15.9 Å². The van der Waals surface area contributed by atoms with Crippen LogP contribution in [-0.4, -0.2) is 5.11 Å². The summed E-state index contributed by atoms with van der Waals surface area (Å²) in [5.74, 6) is -0.241. The van der Waals surface area contributed by atoms with Gasteiger partial charge >= 0.3 is 0 Å². The second kappa shape index (κ2) is 5.85. The highest BCUT2D eigenvalue weighted by Gasteiger charge is 2.11. The van der Waals surface area contributed by atoms with Crippen molar-refractivity contribution in [3.8, 4) is 0 Å². The molecule has 0 aliphatic carbocycles. The third kappa shape index (κ3) is 3.43. The van der Waals surface area contributed by atoms with E-state index in [1.807, 2.05) is 32.0 Å². The summed E-state index contributed by atoms with van der Waals surface area (Å²) in [6, 6.07) is 10.5. The van der Waals surface area contributed by atoms with Gasteiger partial charge in [0.15, 0.2) is 0 Å². The summed E-state index contributed by atoms with van der Waals surface area (Å²) in [6.07, 6.45) is -0.0799. The molecule has 0 saturated heterocycles. The van der Waals surface area contributed by atoms with Crippen LogP contribution >= 0.6 is 15.9 Å². The summed E-state index contributed by atoms with van der Waals surface area (Å²) >= 11 is 3.44. The van der Waals surface area contributed by atoms with E-state index in [-0.39, 0.29) is 5.82 Å². The highest BCUT2D eigenvalue weighted by molar-refractivity contribution is 9.10. The molecule has 100 valence electrons. The van der Waals surface area contributed by atoms with E-state index in [1.165, 1.54) is 12.1 Å². The quantitative estimate of drug-likeness (QED) is 0.883. The minimum absolute atomic E-state index is 0.241. The lowest BCUT2D eigenvalue weighted by Gasteiger charge is -2.14. The first-order valence-corrected chi connectivity index (χ1v) is 6.96. The number of hydrogen-bond acceptors (Lipinski definition) is 1. The Kier molecular flexibility index (Phi) is 4.38. The monoisotopic (exact) mass is 322 g/mol. The van der Waals surface area contributed by atoms with Gasteiger partial charge in [0, 0.05) is 10.9 Å². The third-order valence-corrected chi connectivity index (χ3v) is 4.17. The lowest BCUT2D eigenvalue weighted by Crippen LogP contribution is -2.04.